The fraction of sp³-hybridized carbons (Fsp3) is 0.600. The molecule has 0 amide bonds. The molecule has 0 radical (unpaired) electrons. The van der Waals surface area contributed by atoms with Crippen molar-refractivity contribution in [3.63, 3.8) is 0 Å². The molecule has 0 saturated carbocycles. The van der Waals surface area contributed by atoms with E-state index in [0.29, 0.717) is 19.1 Å². The first-order valence-electron chi connectivity index (χ1n) is 6.58. The van der Waals surface area contributed by atoms with E-state index in [9.17, 15) is 0 Å². The van der Waals surface area contributed by atoms with Gasteiger partial charge in [-0.15, -0.1) is 0 Å². The van der Waals surface area contributed by atoms with Crippen molar-refractivity contribution in [3.05, 3.63) is 23.3 Å². The molecule has 1 aromatic rings. The molecule has 0 aliphatic heterocycles. The molecule has 0 spiro atoms. The van der Waals surface area contributed by atoms with Crippen LogP contribution in [0.5, 0.6) is 5.75 Å². The van der Waals surface area contributed by atoms with Crippen molar-refractivity contribution in [2.45, 2.75) is 34.1 Å². The lowest BCUT2D eigenvalue weighted by molar-refractivity contribution is 0.0924. The van der Waals surface area contributed by atoms with Gasteiger partial charge in [-0.25, -0.2) is 0 Å². The summed E-state index contributed by atoms with van der Waals surface area (Å²) in [6.07, 6.45) is 1.09. The van der Waals surface area contributed by atoms with Gasteiger partial charge in [0, 0.05) is 18.4 Å². The second-order valence-electron chi connectivity index (χ2n) is 5.12. The molecule has 0 aromatic heterocycles. The highest BCUT2D eigenvalue weighted by atomic mass is 16.5. The van der Waals surface area contributed by atoms with Gasteiger partial charge < -0.3 is 15.2 Å². The molecule has 0 aliphatic rings. The average Bonchev–Trinajstić information content (AvgIpc) is 2.29. The van der Waals surface area contributed by atoms with Crippen LogP contribution in [-0.4, -0.2) is 19.8 Å². The Bertz CT molecular complexity index is 375. The third-order valence-electron chi connectivity index (χ3n) is 2.89. The van der Waals surface area contributed by atoms with Crippen molar-refractivity contribution in [1.29, 1.82) is 0 Å². The molecule has 3 heteroatoms. The Balaban J connectivity index is 2.29. The third-order valence-corrected chi connectivity index (χ3v) is 2.89. The molecule has 1 rings (SSSR count). The van der Waals surface area contributed by atoms with Crippen LogP contribution in [0.4, 0.5) is 5.69 Å². The zero-order chi connectivity index (χ0) is 13.5. The number of ether oxygens (including phenoxy) is 2. The molecular formula is C15H25NO2. The zero-order valence-electron chi connectivity index (χ0n) is 12.0. The van der Waals surface area contributed by atoms with Crippen LogP contribution >= 0.6 is 0 Å². The van der Waals surface area contributed by atoms with Gasteiger partial charge in [-0.3, -0.25) is 0 Å². The van der Waals surface area contributed by atoms with Gasteiger partial charge in [0.2, 0.25) is 0 Å². The number of hydrogen-bond donors (Lipinski definition) is 1. The number of nitrogens with two attached hydrogens (primary N) is 1. The van der Waals surface area contributed by atoms with E-state index in [1.165, 1.54) is 0 Å². The summed E-state index contributed by atoms with van der Waals surface area (Å²) in [7, 11) is 0. The summed E-state index contributed by atoms with van der Waals surface area (Å²) in [5.41, 5.74) is 8.84. The summed E-state index contributed by atoms with van der Waals surface area (Å²) in [4.78, 5) is 0. The maximum atomic E-state index is 5.86. The molecule has 102 valence electrons. The van der Waals surface area contributed by atoms with E-state index >= 15 is 0 Å². The van der Waals surface area contributed by atoms with Gasteiger partial charge in [0.25, 0.3) is 0 Å². The maximum absolute atomic E-state index is 5.86. The molecule has 0 unspecified atom stereocenters. The highest BCUT2D eigenvalue weighted by Crippen LogP contribution is 2.24. The molecular weight excluding hydrogens is 226 g/mol. The molecule has 18 heavy (non-hydrogen) atoms. The number of anilines is 1. The summed E-state index contributed by atoms with van der Waals surface area (Å²) in [6, 6.07) is 3.93. The molecule has 0 heterocycles. The van der Waals surface area contributed by atoms with Crippen LogP contribution < -0.4 is 10.5 Å². The van der Waals surface area contributed by atoms with Gasteiger partial charge in [0.15, 0.2) is 0 Å². The topological polar surface area (TPSA) is 44.5 Å². The Morgan fingerprint density at radius 1 is 1.06 bits per heavy atom. The quantitative estimate of drug-likeness (QED) is 0.597. The number of hydrogen-bond acceptors (Lipinski definition) is 3. The molecule has 0 fully saturated rings. The van der Waals surface area contributed by atoms with Crippen LogP contribution in [0.1, 0.15) is 31.4 Å². The summed E-state index contributed by atoms with van der Waals surface area (Å²) < 4.78 is 11.2. The first kappa shape index (κ1) is 14.8. The van der Waals surface area contributed by atoms with Gasteiger partial charge in [-0.1, -0.05) is 19.9 Å². The lowest BCUT2D eigenvalue weighted by Crippen LogP contribution is -2.09. The van der Waals surface area contributed by atoms with Crippen LogP contribution in [0.3, 0.4) is 0 Å². The number of nitrogen functional groups attached to an aromatic ring is 1. The Morgan fingerprint density at radius 2 is 1.78 bits per heavy atom. The van der Waals surface area contributed by atoms with Crippen LogP contribution in [0.2, 0.25) is 0 Å². The van der Waals surface area contributed by atoms with E-state index in [4.69, 9.17) is 15.2 Å². The second kappa shape index (κ2) is 7.27. The minimum absolute atomic E-state index is 0.571. The maximum Gasteiger partial charge on any atom is 0.124 e. The monoisotopic (exact) mass is 251 g/mol. The predicted octanol–water partition coefficient (Wildman–Crippen LogP) is 3.33. The normalized spacial score (nSPS) is 10.9. The fourth-order valence-corrected chi connectivity index (χ4v) is 1.64. The number of aryl methyl sites for hydroxylation is 2. The predicted molar refractivity (Wildman–Crippen MR) is 76.1 cm³/mol. The minimum atomic E-state index is 0.571. The van der Waals surface area contributed by atoms with Crippen molar-refractivity contribution in [2.75, 3.05) is 25.6 Å². The zero-order valence-corrected chi connectivity index (χ0v) is 12.0. The molecule has 1 aromatic carbocycles. The molecule has 0 saturated heterocycles. The van der Waals surface area contributed by atoms with E-state index in [-0.39, 0.29) is 0 Å². The first-order valence-corrected chi connectivity index (χ1v) is 6.58. The van der Waals surface area contributed by atoms with Crippen LogP contribution in [0, 0.1) is 19.8 Å². The van der Waals surface area contributed by atoms with Gasteiger partial charge >= 0.3 is 0 Å². The van der Waals surface area contributed by atoms with Gasteiger partial charge in [-0.05, 0) is 37.3 Å². The fourth-order valence-electron chi connectivity index (χ4n) is 1.64. The van der Waals surface area contributed by atoms with Gasteiger partial charge in [0.1, 0.15) is 12.4 Å². The van der Waals surface area contributed by atoms with E-state index in [2.05, 4.69) is 13.8 Å². The standard InChI is InChI=1S/C15H25NO2/c1-11(2)5-6-17-7-8-18-15-10-14(16)12(3)9-13(15)4/h9-11H,5-8,16H2,1-4H3. The second-order valence-corrected chi connectivity index (χ2v) is 5.12. The van der Waals surface area contributed by atoms with Gasteiger partial charge in [0.05, 0.1) is 6.61 Å². The largest absolute Gasteiger partial charge is 0.491 e. The summed E-state index contributed by atoms with van der Waals surface area (Å²) in [5, 5.41) is 0. The lowest BCUT2D eigenvalue weighted by Gasteiger charge is -2.12. The Morgan fingerprint density at radius 3 is 2.44 bits per heavy atom. The smallest absolute Gasteiger partial charge is 0.124 e. The third kappa shape index (κ3) is 4.96. The minimum Gasteiger partial charge on any atom is -0.491 e. The van der Waals surface area contributed by atoms with Crippen LogP contribution in [-0.2, 0) is 4.74 Å². The number of rotatable bonds is 7. The van der Waals surface area contributed by atoms with Crippen LogP contribution in [0.25, 0.3) is 0 Å². The average molecular weight is 251 g/mol. The van der Waals surface area contributed by atoms with E-state index in [0.717, 1.165) is 35.6 Å². The Labute approximate surface area is 110 Å². The summed E-state index contributed by atoms with van der Waals surface area (Å²) in [5.74, 6) is 1.54. The summed E-state index contributed by atoms with van der Waals surface area (Å²) in [6.45, 7) is 10.4. The van der Waals surface area contributed by atoms with Gasteiger partial charge in [-0.2, -0.15) is 0 Å². The number of benzene rings is 1. The SMILES string of the molecule is Cc1cc(C)c(OCCOCCC(C)C)cc1N. The van der Waals surface area contributed by atoms with Crippen molar-refractivity contribution in [3.8, 4) is 5.75 Å². The lowest BCUT2D eigenvalue weighted by atomic mass is 10.1. The molecule has 0 aliphatic carbocycles. The van der Waals surface area contributed by atoms with E-state index in [1.54, 1.807) is 0 Å². The Hall–Kier alpha value is -1.22. The highest BCUT2D eigenvalue weighted by Gasteiger charge is 2.03. The van der Waals surface area contributed by atoms with Crippen molar-refractivity contribution in [1.82, 2.24) is 0 Å². The molecule has 0 atom stereocenters. The van der Waals surface area contributed by atoms with Crippen molar-refractivity contribution < 1.29 is 9.47 Å². The van der Waals surface area contributed by atoms with E-state index < -0.39 is 0 Å². The summed E-state index contributed by atoms with van der Waals surface area (Å²) >= 11 is 0. The van der Waals surface area contributed by atoms with Crippen molar-refractivity contribution in [2.24, 2.45) is 5.92 Å². The van der Waals surface area contributed by atoms with Crippen LogP contribution in [0.15, 0.2) is 12.1 Å². The Kier molecular flexibility index (Phi) is 5.99. The molecule has 0 bridgehead atoms. The highest BCUT2D eigenvalue weighted by molar-refractivity contribution is 5.54. The molecule has 3 nitrogen and oxygen atoms in total. The van der Waals surface area contributed by atoms with Crippen molar-refractivity contribution >= 4 is 5.69 Å². The van der Waals surface area contributed by atoms with E-state index in [1.807, 2.05) is 26.0 Å². The first-order chi connectivity index (χ1) is 8.50. The molecule has 2 N–H and O–H groups in total.